The number of anilines is 1. The molecule has 292 valence electrons. The summed E-state index contributed by atoms with van der Waals surface area (Å²) in [4.78, 5) is 61.5. The minimum atomic E-state index is -0.756. The van der Waals surface area contributed by atoms with Gasteiger partial charge < -0.3 is 24.3 Å². The van der Waals surface area contributed by atoms with Gasteiger partial charge in [0.1, 0.15) is 23.4 Å². The van der Waals surface area contributed by atoms with Gasteiger partial charge in [0.2, 0.25) is 11.8 Å². The summed E-state index contributed by atoms with van der Waals surface area (Å²) < 4.78 is 14.7. The van der Waals surface area contributed by atoms with E-state index < -0.39 is 11.9 Å². The molecule has 2 aromatic heterocycles. The lowest BCUT2D eigenvalue weighted by Gasteiger charge is -2.24. The van der Waals surface area contributed by atoms with Crippen LogP contribution in [0.15, 0.2) is 51.1 Å². The van der Waals surface area contributed by atoms with Crippen molar-refractivity contribution in [1.29, 1.82) is 0 Å². The second-order valence-electron chi connectivity index (χ2n) is 14.0. The number of carbonyl (C=O) groups is 2. The highest BCUT2D eigenvalue weighted by Gasteiger charge is 2.31. The fraction of sp³-hybridized carbons (Fsp3) is 0.429. The number of methoxy groups -OCH3 is 2. The Labute approximate surface area is 321 Å². The lowest BCUT2D eigenvalue weighted by atomic mass is 10.00. The largest absolute Gasteiger partial charge is 0.496 e. The van der Waals surface area contributed by atoms with E-state index in [1.165, 1.54) is 10.8 Å². The van der Waals surface area contributed by atoms with Crippen molar-refractivity contribution in [3.63, 3.8) is 0 Å². The molecule has 1 atom stereocenters. The number of aromatic nitrogens is 3. The molecule has 1 aliphatic rings. The normalized spacial score (nSPS) is 15.1. The average Bonchev–Trinajstić information content (AvgIpc) is 3.16. The van der Waals surface area contributed by atoms with Gasteiger partial charge in [0.05, 0.1) is 35.9 Å². The van der Waals surface area contributed by atoms with Crippen molar-refractivity contribution >= 4 is 47.4 Å². The van der Waals surface area contributed by atoms with Crippen LogP contribution in [-0.2, 0) is 23.2 Å². The molecule has 13 heteroatoms. The van der Waals surface area contributed by atoms with Gasteiger partial charge in [-0.2, -0.15) is 0 Å². The van der Waals surface area contributed by atoms with E-state index >= 15 is 0 Å². The van der Waals surface area contributed by atoms with Gasteiger partial charge in [0.15, 0.2) is 0 Å². The first-order valence-corrected chi connectivity index (χ1v) is 18.9. The number of nitrogens with zero attached hydrogens (tertiary/aromatic N) is 5. The zero-order valence-electron chi connectivity index (χ0n) is 32.9. The van der Waals surface area contributed by atoms with Crippen LogP contribution in [0.1, 0.15) is 75.7 Å². The lowest BCUT2D eigenvalue weighted by Crippen LogP contribution is -2.45. The van der Waals surface area contributed by atoms with Crippen LogP contribution in [0.4, 0.5) is 5.69 Å². The van der Waals surface area contributed by atoms with E-state index in [-0.39, 0.29) is 29.9 Å². The molecule has 5 rings (SSSR count). The Bertz CT molecular complexity index is 2290. The number of hydrogen-bond donors (Lipinski definition) is 2. The van der Waals surface area contributed by atoms with Crippen molar-refractivity contribution in [3.05, 3.63) is 79.1 Å². The maximum atomic E-state index is 13.7. The van der Waals surface area contributed by atoms with Crippen molar-refractivity contribution < 1.29 is 19.1 Å². The second-order valence-corrected chi connectivity index (χ2v) is 14.0. The van der Waals surface area contributed by atoms with Crippen molar-refractivity contribution in [1.82, 2.24) is 24.3 Å². The molecule has 0 spiro atoms. The molecule has 1 fully saturated rings. The van der Waals surface area contributed by atoms with Crippen LogP contribution in [0, 0.1) is 6.92 Å². The third-order valence-electron chi connectivity index (χ3n) is 10.2. The highest BCUT2D eigenvalue weighted by molar-refractivity contribution is 5.99. The molecule has 0 aliphatic carbocycles. The van der Waals surface area contributed by atoms with Crippen molar-refractivity contribution in [3.8, 4) is 22.6 Å². The number of imide groups is 1. The Kier molecular flexibility index (Phi) is 13.8. The highest BCUT2D eigenvalue weighted by Crippen LogP contribution is 2.35. The molecule has 1 saturated heterocycles. The SMILES string of the molecule is C=N/C=c1/c(=O)n(C)cc(-c2cc(OC)c(CN(C)CCCCCCCCNc3cccc4nc(C)n(C5CCC(=O)NC5=O)c(=O)c34)c(OC)c2)/c1=C/C. The predicted octanol–water partition coefficient (Wildman–Crippen LogP) is 4.19. The van der Waals surface area contributed by atoms with Gasteiger partial charge in [0, 0.05) is 50.2 Å². The van der Waals surface area contributed by atoms with E-state index in [0.29, 0.717) is 52.2 Å². The number of nitrogens with one attached hydrogen (secondary N) is 2. The Morgan fingerprint density at radius 3 is 2.36 bits per heavy atom. The third kappa shape index (κ3) is 9.22. The molecule has 0 saturated carbocycles. The first-order chi connectivity index (χ1) is 26.5. The number of piperidine rings is 1. The third-order valence-corrected chi connectivity index (χ3v) is 10.2. The second kappa shape index (κ2) is 18.7. The van der Waals surface area contributed by atoms with Crippen LogP contribution in [-0.4, -0.2) is 71.9 Å². The Morgan fingerprint density at radius 1 is 1.02 bits per heavy atom. The standard InChI is InChI=1S/C42H53N7O6/c1-8-29-30(24-43-3)41(52)48(5)26-31(29)28-22-36(54-6)32(37(23-28)55-7)25-47(4)21-14-12-10-9-11-13-20-44-33-16-15-17-34-39(33)42(53)49(27(2)45-34)35-18-19-38(50)46-40(35)51/h8,15-17,22-24,26,35,44H,3,9-14,18-21,25H2,1-2,4-7H3,(H,46,50,51)/b29-8+,30-24+. The van der Waals surface area contributed by atoms with Gasteiger partial charge in [-0.3, -0.25) is 34.1 Å². The number of fused-ring (bicyclic) bond motifs is 1. The summed E-state index contributed by atoms with van der Waals surface area (Å²) >= 11 is 0. The summed E-state index contributed by atoms with van der Waals surface area (Å²) in [5, 5.41) is 7.48. The highest BCUT2D eigenvalue weighted by atomic mass is 16.5. The first kappa shape index (κ1) is 40.6. The number of ether oxygens (including phenoxy) is 2. The Balaban J connectivity index is 1.12. The van der Waals surface area contributed by atoms with E-state index in [2.05, 4.69) is 39.3 Å². The summed E-state index contributed by atoms with van der Waals surface area (Å²) in [5.74, 6) is 1.09. The Hall–Kier alpha value is -5.56. The maximum Gasteiger partial charge on any atom is 0.264 e. The fourth-order valence-electron chi connectivity index (χ4n) is 7.41. The maximum absolute atomic E-state index is 13.7. The van der Waals surface area contributed by atoms with Crippen LogP contribution in [0.3, 0.4) is 0 Å². The zero-order chi connectivity index (χ0) is 39.6. The fourth-order valence-corrected chi connectivity index (χ4v) is 7.41. The monoisotopic (exact) mass is 751 g/mol. The van der Waals surface area contributed by atoms with Gasteiger partial charge in [0.25, 0.3) is 11.1 Å². The van der Waals surface area contributed by atoms with Crippen molar-refractivity contribution in [2.45, 2.75) is 77.8 Å². The summed E-state index contributed by atoms with van der Waals surface area (Å²) in [5.41, 5.74) is 3.55. The average molecular weight is 752 g/mol. The molecule has 2 amide bonds. The molecule has 2 N–H and O–H groups in total. The van der Waals surface area contributed by atoms with E-state index in [4.69, 9.17) is 9.47 Å². The molecule has 0 bridgehead atoms. The molecule has 3 heterocycles. The molecular weight excluding hydrogens is 699 g/mol. The molecule has 4 aromatic rings. The van der Waals surface area contributed by atoms with Gasteiger partial charge in [-0.25, -0.2) is 4.98 Å². The zero-order valence-corrected chi connectivity index (χ0v) is 32.9. The number of hydrogen-bond acceptors (Lipinski definition) is 10. The Morgan fingerprint density at radius 2 is 1.71 bits per heavy atom. The van der Waals surface area contributed by atoms with Gasteiger partial charge >= 0.3 is 0 Å². The quantitative estimate of drug-likeness (QED) is 0.0921. The molecule has 1 aliphatic heterocycles. The van der Waals surface area contributed by atoms with E-state index in [1.54, 1.807) is 38.8 Å². The van der Waals surface area contributed by atoms with Crippen LogP contribution in [0.25, 0.3) is 34.3 Å². The smallest absolute Gasteiger partial charge is 0.264 e. The van der Waals surface area contributed by atoms with E-state index in [9.17, 15) is 19.2 Å². The minimum absolute atomic E-state index is 0.146. The van der Waals surface area contributed by atoms with Crippen molar-refractivity contribution in [2.24, 2.45) is 12.0 Å². The van der Waals surface area contributed by atoms with Crippen LogP contribution >= 0.6 is 0 Å². The molecule has 2 aromatic carbocycles. The molecule has 13 nitrogen and oxygen atoms in total. The number of aryl methyl sites for hydroxylation is 2. The number of rotatable bonds is 17. The summed E-state index contributed by atoms with van der Waals surface area (Å²) in [6.45, 7) is 9.44. The number of benzene rings is 2. The van der Waals surface area contributed by atoms with Gasteiger partial charge in [-0.15, -0.1) is 0 Å². The number of pyridine rings is 1. The molecular formula is C42H53N7O6. The van der Waals surface area contributed by atoms with Crippen molar-refractivity contribution in [2.75, 3.05) is 39.7 Å². The topological polar surface area (TPSA) is 149 Å². The van der Waals surface area contributed by atoms with E-state index in [1.807, 2.05) is 43.5 Å². The molecule has 55 heavy (non-hydrogen) atoms. The van der Waals surface area contributed by atoms with Crippen LogP contribution in [0.2, 0.25) is 0 Å². The molecule has 0 radical (unpaired) electrons. The number of amides is 2. The number of unbranched alkanes of at least 4 members (excludes halogenated alkanes) is 5. The van der Waals surface area contributed by atoms with Gasteiger partial charge in [-0.1, -0.05) is 37.8 Å². The molecule has 1 unspecified atom stereocenters. The predicted molar refractivity (Wildman–Crippen MR) is 218 cm³/mol. The van der Waals surface area contributed by atoms with E-state index in [0.717, 1.165) is 67.0 Å². The van der Waals surface area contributed by atoms with Crippen LogP contribution in [0.5, 0.6) is 11.5 Å². The number of carbonyl (C=O) groups excluding carboxylic acids is 2. The summed E-state index contributed by atoms with van der Waals surface area (Å²) in [7, 11) is 7.14. The summed E-state index contributed by atoms with van der Waals surface area (Å²) in [6.07, 6.45) is 12.1. The summed E-state index contributed by atoms with van der Waals surface area (Å²) in [6, 6.07) is 8.78. The lowest BCUT2D eigenvalue weighted by molar-refractivity contribution is -0.135. The van der Waals surface area contributed by atoms with Crippen LogP contribution < -0.4 is 41.7 Å². The first-order valence-electron chi connectivity index (χ1n) is 18.9. The number of aliphatic imine (C=N–C) groups is 1. The van der Waals surface area contributed by atoms with Gasteiger partial charge in [-0.05, 0) is 88.5 Å². The minimum Gasteiger partial charge on any atom is -0.496 e.